The van der Waals surface area contributed by atoms with Crippen molar-refractivity contribution in [3.05, 3.63) is 34.6 Å². The van der Waals surface area contributed by atoms with Crippen LogP contribution < -0.4 is 5.32 Å². The molecule has 0 bridgehead atoms. The first-order valence-electron chi connectivity index (χ1n) is 5.49. The third-order valence-electron chi connectivity index (χ3n) is 2.75. The van der Waals surface area contributed by atoms with Gasteiger partial charge >= 0.3 is 0 Å². The highest BCUT2D eigenvalue weighted by atomic mass is 35.5. The third kappa shape index (κ3) is 2.61. The highest BCUT2D eigenvalue weighted by molar-refractivity contribution is 6.30. The van der Waals surface area contributed by atoms with Crippen LogP contribution in [0.15, 0.2) is 18.2 Å². The van der Waals surface area contributed by atoms with Crippen LogP contribution in [0.4, 0.5) is 4.39 Å². The average Bonchev–Trinajstić information content (AvgIpc) is 2.30. The Labute approximate surface area is 109 Å². The van der Waals surface area contributed by atoms with Gasteiger partial charge in [-0.3, -0.25) is 9.59 Å². The molecule has 1 aliphatic rings. The molecule has 18 heavy (non-hydrogen) atoms. The Hall–Kier alpha value is -1.62. The van der Waals surface area contributed by atoms with E-state index in [0.717, 1.165) is 0 Å². The first kappa shape index (κ1) is 12.8. The molecule has 0 aliphatic carbocycles. The molecule has 0 aromatic heterocycles. The van der Waals surface area contributed by atoms with Crippen LogP contribution in [-0.2, 0) is 16.1 Å². The molecule has 96 valence electrons. The van der Waals surface area contributed by atoms with E-state index in [1.165, 1.54) is 17.0 Å². The van der Waals surface area contributed by atoms with Gasteiger partial charge in [-0.15, -0.1) is 0 Å². The van der Waals surface area contributed by atoms with Crippen LogP contribution in [0, 0.1) is 5.82 Å². The number of hydrogen-bond donors (Lipinski definition) is 1. The average molecular weight is 271 g/mol. The molecule has 2 rings (SSSR count). The summed E-state index contributed by atoms with van der Waals surface area (Å²) in [6.45, 7) is 1.81. The lowest BCUT2D eigenvalue weighted by atomic mass is 10.1. The van der Waals surface area contributed by atoms with Crippen molar-refractivity contribution >= 4 is 23.4 Å². The van der Waals surface area contributed by atoms with Gasteiger partial charge in [0.25, 0.3) is 0 Å². The summed E-state index contributed by atoms with van der Waals surface area (Å²) in [4.78, 5) is 24.6. The van der Waals surface area contributed by atoms with Gasteiger partial charge in [0, 0.05) is 6.54 Å². The van der Waals surface area contributed by atoms with Crippen molar-refractivity contribution in [2.75, 3.05) is 6.54 Å². The fourth-order valence-corrected chi connectivity index (χ4v) is 1.98. The Balaban J connectivity index is 2.14. The Bertz CT molecular complexity index is 507. The Morgan fingerprint density at radius 2 is 2.22 bits per heavy atom. The number of hydrogen-bond acceptors (Lipinski definition) is 2. The molecular weight excluding hydrogens is 259 g/mol. The molecule has 0 saturated carbocycles. The number of carbonyl (C=O) groups is 2. The van der Waals surface area contributed by atoms with Gasteiger partial charge in [-0.05, 0) is 24.6 Å². The van der Waals surface area contributed by atoms with Crippen LogP contribution in [0.3, 0.4) is 0 Å². The van der Waals surface area contributed by atoms with E-state index in [-0.39, 0.29) is 29.9 Å². The van der Waals surface area contributed by atoms with Crippen LogP contribution in [0.25, 0.3) is 0 Å². The lowest BCUT2D eigenvalue weighted by Gasteiger charge is -2.30. The van der Waals surface area contributed by atoms with Crippen molar-refractivity contribution in [1.29, 1.82) is 0 Å². The maximum atomic E-state index is 13.3. The van der Waals surface area contributed by atoms with Crippen molar-refractivity contribution in [3.8, 4) is 0 Å². The van der Waals surface area contributed by atoms with Crippen molar-refractivity contribution in [3.63, 3.8) is 0 Å². The molecular formula is C12H12ClFN2O2. The van der Waals surface area contributed by atoms with Gasteiger partial charge in [0.1, 0.15) is 11.9 Å². The highest BCUT2D eigenvalue weighted by Crippen LogP contribution is 2.17. The van der Waals surface area contributed by atoms with Crippen LogP contribution in [0.1, 0.15) is 12.5 Å². The fourth-order valence-electron chi connectivity index (χ4n) is 1.87. The first-order chi connectivity index (χ1) is 8.47. The highest BCUT2D eigenvalue weighted by Gasteiger charge is 2.29. The molecule has 1 aliphatic heterocycles. The Morgan fingerprint density at radius 3 is 2.89 bits per heavy atom. The molecule has 0 radical (unpaired) electrons. The first-order valence-corrected chi connectivity index (χ1v) is 5.87. The standard InChI is InChI=1S/C12H12ClFN2O2/c1-7-12(18)16(6-11(17)15-7)5-8-2-3-9(13)10(14)4-8/h2-4,7H,5-6H2,1H3,(H,15,17). The number of nitrogens with zero attached hydrogens (tertiary/aromatic N) is 1. The molecule has 6 heteroatoms. The summed E-state index contributed by atoms with van der Waals surface area (Å²) in [5.74, 6) is -0.919. The SMILES string of the molecule is CC1NC(=O)CN(Cc2ccc(Cl)c(F)c2)C1=O. The molecule has 1 aromatic rings. The predicted octanol–water partition coefficient (Wildman–Crippen LogP) is 1.33. The van der Waals surface area contributed by atoms with Gasteiger partial charge in [0.2, 0.25) is 11.8 Å². The van der Waals surface area contributed by atoms with Gasteiger partial charge in [-0.2, -0.15) is 0 Å². The quantitative estimate of drug-likeness (QED) is 0.881. The molecule has 4 nitrogen and oxygen atoms in total. The number of halogens is 2. The number of nitrogens with one attached hydrogen (secondary N) is 1. The second-order valence-electron chi connectivity index (χ2n) is 4.23. The molecule has 1 fully saturated rings. The molecule has 1 N–H and O–H groups in total. The second-order valence-corrected chi connectivity index (χ2v) is 4.64. The van der Waals surface area contributed by atoms with Crippen LogP contribution in [-0.4, -0.2) is 29.3 Å². The van der Waals surface area contributed by atoms with E-state index in [2.05, 4.69) is 5.32 Å². The van der Waals surface area contributed by atoms with Gasteiger partial charge in [-0.25, -0.2) is 4.39 Å². The summed E-state index contributed by atoms with van der Waals surface area (Å²) in [5.41, 5.74) is 0.604. The zero-order valence-corrected chi connectivity index (χ0v) is 10.5. The smallest absolute Gasteiger partial charge is 0.245 e. The molecule has 0 spiro atoms. The number of benzene rings is 1. The van der Waals surface area contributed by atoms with Gasteiger partial charge in [0.05, 0.1) is 11.6 Å². The summed E-state index contributed by atoms with van der Waals surface area (Å²) in [5, 5.41) is 2.58. The predicted molar refractivity (Wildman–Crippen MR) is 64.4 cm³/mol. The van der Waals surface area contributed by atoms with Crippen molar-refractivity contribution in [2.24, 2.45) is 0 Å². The van der Waals surface area contributed by atoms with E-state index < -0.39 is 11.9 Å². The van der Waals surface area contributed by atoms with Crippen LogP contribution in [0.5, 0.6) is 0 Å². The Kier molecular flexibility index (Phi) is 3.52. The maximum Gasteiger partial charge on any atom is 0.245 e. The van der Waals surface area contributed by atoms with E-state index in [1.807, 2.05) is 0 Å². The second kappa shape index (κ2) is 4.94. The molecule has 1 saturated heterocycles. The fraction of sp³-hybridized carbons (Fsp3) is 0.333. The minimum atomic E-state index is -0.539. The number of piperazine rings is 1. The molecule has 2 amide bonds. The summed E-state index contributed by atoms with van der Waals surface area (Å²) >= 11 is 5.58. The van der Waals surface area contributed by atoms with E-state index in [0.29, 0.717) is 5.56 Å². The summed E-state index contributed by atoms with van der Waals surface area (Å²) in [6, 6.07) is 3.80. The van der Waals surface area contributed by atoms with E-state index >= 15 is 0 Å². The monoisotopic (exact) mass is 270 g/mol. The maximum absolute atomic E-state index is 13.3. The van der Waals surface area contributed by atoms with E-state index in [4.69, 9.17) is 11.6 Å². The van der Waals surface area contributed by atoms with E-state index in [1.54, 1.807) is 13.0 Å². The molecule has 1 atom stereocenters. The van der Waals surface area contributed by atoms with Gasteiger partial charge in [0.15, 0.2) is 0 Å². The molecule has 1 unspecified atom stereocenters. The lowest BCUT2D eigenvalue weighted by molar-refractivity contribution is -0.144. The van der Waals surface area contributed by atoms with Gasteiger partial charge in [-0.1, -0.05) is 17.7 Å². The normalized spacial score (nSPS) is 19.9. The van der Waals surface area contributed by atoms with E-state index in [9.17, 15) is 14.0 Å². The van der Waals surface area contributed by atoms with Crippen molar-refractivity contribution in [1.82, 2.24) is 10.2 Å². The molecule has 1 aromatic carbocycles. The minimum absolute atomic E-state index is 0.00653. The summed E-state index contributed by atoms with van der Waals surface area (Å²) in [6.07, 6.45) is 0. The minimum Gasteiger partial charge on any atom is -0.343 e. The lowest BCUT2D eigenvalue weighted by Crippen LogP contribution is -2.56. The molecule has 1 heterocycles. The van der Waals surface area contributed by atoms with Crippen molar-refractivity contribution in [2.45, 2.75) is 19.5 Å². The van der Waals surface area contributed by atoms with Crippen molar-refractivity contribution < 1.29 is 14.0 Å². The van der Waals surface area contributed by atoms with Crippen LogP contribution in [0.2, 0.25) is 5.02 Å². The van der Waals surface area contributed by atoms with Crippen LogP contribution >= 0.6 is 11.6 Å². The zero-order valence-electron chi connectivity index (χ0n) is 9.74. The third-order valence-corrected chi connectivity index (χ3v) is 3.06. The number of carbonyl (C=O) groups excluding carboxylic acids is 2. The largest absolute Gasteiger partial charge is 0.343 e. The summed E-state index contributed by atoms with van der Waals surface area (Å²) < 4.78 is 13.3. The van der Waals surface area contributed by atoms with Gasteiger partial charge < -0.3 is 10.2 Å². The zero-order chi connectivity index (χ0) is 13.3. The Morgan fingerprint density at radius 1 is 1.50 bits per heavy atom. The number of rotatable bonds is 2. The summed E-state index contributed by atoms with van der Waals surface area (Å²) in [7, 11) is 0. The number of amides is 2. The topological polar surface area (TPSA) is 49.4 Å².